The van der Waals surface area contributed by atoms with Crippen LogP contribution in [-0.4, -0.2) is 35.5 Å². The van der Waals surface area contributed by atoms with Gasteiger partial charge >= 0.3 is 5.97 Å². The highest BCUT2D eigenvalue weighted by Gasteiger charge is 2.19. The molecule has 1 aromatic heterocycles. The minimum Gasteiger partial charge on any atom is -0.496 e. The Hall–Kier alpha value is -4.47. The zero-order valence-corrected chi connectivity index (χ0v) is 16.3. The summed E-state index contributed by atoms with van der Waals surface area (Å²) in [7, 11) is 1.37. The first-order chi connectivity index (χ1) is 15.0. The van der Waals surface area contributed by atoms with Crippen LogP contribution in [-0.2, 0) is 9.53 Å². The van der Waals surface area contributed by atoms with Crippen LogP contribution in [0.25, 0.3) is 0 Å². The molecule has 0 bridgehead atoms. The number of nitro benzene ring substituents is 1. The van der Waals surface area contributed by atoms with Gasteiger partial charge in [0.15, 0.2) is 6.61 Å². The lowest BCUT2D eigenvalue weighted by atomic mass is 10.2. The fraction of sp³-hybridized carbons (Fsp3) is 0.0952. The summed E-state index contributed by atoms with van der Waals surface area (Å²) in [6, 6.07) is 13.7. The van der Waals surface area contributed by atoms with E-state index in [1.165, 1.54) is 37.6 Å². The van der Waals surface area contributed by atoms with Gasteiger partial charge in [0.2, 0.25) is 0 Å². The average molecular weight is 423 g/mol. The zero-order chi connectivity index (χ0) is 22.2. The summed E-state index contributed by atoms with van der Waals surface area (Å²) in [6.07, 6.45) is 3.07. The molecule has 0 radical (unpaired) electrons. The summed E-state index contributed by atoms with van der Waals surface area (Å²) < 4.78 is 15.6. The SMILES string of the molecule is COc1ccc(NC(=O)COC(=O)c2ccccc2Oc2cccnc2)c([N+](=O)[O-])c1. The Morgan fingerprint density at radius 3 is 2.61 bits per heavy atom. The molecule has 0 unspecified atom stereocenters. The fourth-order valence-corrected chi connectivity index (χ4v) is 2.55. The van der Waals surface area contributed by atoms with E-state index in [1.54, 1.807) is 36.5 Å². The molecule has 1 amide bonds. The third-order valence-corrected chi connectivity index (χ3v) is 3.98. The minimum atomic E-state index is -0.793. The molecule has 3 aromatic rings. The van der Waals surface area contributed by atoms with Gasteiger partial charge in [-0.1, -0.05) is 12.1 Å². The minimum absolute atomic E-state index is 0.0489. The first kappa shape index (κ1) is 21.2. The van der Waals surface area contributed by atoms with Gasteiger partial charge in [-0.05, 0) is 36.4 Å². The van der Waals surface area contributed by atoms with Crippen LogP contribution in [0.15, 0.2) is 67.0 Å². The van der Waals surface area contributed by atoms with Crippen LogP contribution in [0.4, 0.5) is 11.4 Å². The van der Waals surface area contributed by atoms with Crippen molar-refractivity contribution in [1.82, 2.24) is 4.98 Å². The highest BCUT2D eigenvalue weighted by molar-refractivity contribution is 5.97. The molecule has 158 valence electrons. The summed E-state index contributed by atoms with van der Waals surface area (Å²) in [4.78, 5) is 39.1. The van der Waals surface area contributed by atoms with Crippen LogP contribution in [0.3, 0.4) is 0 Å². The molecule has 0 saturated carbocycles. The number of pyridine rings is 1. The maximum atomic E-state index is 12.4. The van der Waals surface area contributed by atoms with E-state index in [1.807, 2.05) is 0 Å². The molecule has 3 rings (SSSR count). The number of hydrogen-bond acceptors (Lipinski definition) is 8. The van der Waals surface area contributed by atoms with Gasteiger partial charge in [-0.15, -0.1) is 0 Å². The standard InChI is InChI=1S/C21H17N3O7/c1-29-14-8-9-17(18(11-14)24(27)28)23-20(25)13-30-21(26)16-6-2-3-7-19(16)31-15-5-4-10-22-12-15/h2-12H,13H2,1H3,(H,23,25). The van der Waals surface area contributed by atoms with E-state index in [-0.39, 0.29) is 28.4 Å². The lowest BCUT2D eigenvalue weighted by Crippen LogP contribution is -2.21. The number of benzene rings is 2. The molecule has 0 aliphatic heterocycles. The number of rotatable bonds is 8. The van der Waals surface area contributed by atoms with Crippen molar-refractivity contribution in [1.29, 1.82) is 0 Å². The Morgan fingerprint density at radius 1 is 1.10 bits per heavy atom. The molecule has 1 N–H and O–H groups in total. The van der Waals surface area contributed by atoms with Crippen molar-refractivity contribution in [2.24, 2.45) is 0 Å². The molecule has 1 heterocycles. The van der Waals surface area contributed by atoms with Crippen molar-refractivity contribution >= 4 is 23.3 Å². The van der Waals surface area contributed by atoms with E-state index in [2.05, 4.69) is 10.3 Å². The number of esters is 1. The number of nitro groups is 1. The number of anilines is 1. The summed E-state index contributed by atoms with van der Waals surface area (Å²) >= 11 is 0. The van der Waals surface area contributed by atoms with Crippen molar-refractivity contribution < 1.29 is 28.7 Å². The number of aromatic nitrogens is 1. The number of ether oxygens (including phenoxy) is 3. The topological polar surface area (TPSA) is 130 Å². The van der Waals surface area contributed by atoms with E-state index >= 15 is 0 Å². The lowest BCUT2D eigenvalue weighted by molar-refractivity contribution is -0.384. The van der Waals surface area contributed by atoms with E-state index < -0.39 is 23.4 Å². The molecular weight excluding hydrogens is 406 g/mol. The number of nitrogens with one attached hydrogen (secondary N) is 1. The van der Waals surface area contributed by atoms with E-state index in [0.717, 1.165) is 0 Å². The molecule has 31 heavy (non-hydrogen) atoms. The second-order valence-corrected chi connectivity index (χ2v) is 6.05. The van der Waals surface area contributed by atoms with Crippen molar-refractivity contribution in [2.45, 2.75) is 0 Å². The number of nitrogens with zero attached hydrogens (tertiary/aromatic N) is 2. The smallest absolute Gasteiger partial charge is 0.342 e. The second-order valence-electron chi connectivity index (χ2n) is 6.05. The zero-order valence-electron chi connectivity index (χ0n) is 16.3. The quantitative estimate of drug-likeness (QED) is 0.330. The van der Waals surface area contributed by atoms with E-state index in [4.69, 9.17) is 14.2 Å². The van der Waals surface area contributed by atoms with Crippen LogP contribution in [0, 0.1) is 10.1 Å². The maximum Gasteiger partial charge on any atom is 0.342 e. The maximum absolute atomic E-state index is 12.4. The highest BCUT2D eigenvalue weighted by Crippen LogP contribution is 2.29. The normalized spacial score (nSPS) is 10.1. The first-order valence-corrected chi connectivity index (χ1v) is 8.94. The molecule has 0 fully saturated rings. The molecule has 0 aliphatic carbocycles. The predicted molar refractivity (Wildman–Crippen MR) is 109 cm³/mol. The van der Waals surface area contributed by atoms with E-state index in [9.17, 15) is 19.7 Å². The van der Waals surface area contributed by atoms with Crippen LogP contribution >= 0.6 is 0 Å². The van der Waals surface area contributed by atoms with Crippen molar-refractivity contribution in [3.8, 4) is 17.2 Å². The number of methoxy groups -OCH3 is 1. The molecule has 0 aliphatic rings. The Bertz CT molecular complexity index is 1100. The van der Waals surface area contributed by atoms with Crippen molar-refractivity contribution in [2.75, 3.05) is 19.0 Å². The molecular formula is C21H17N3O7. The number of carbonyl (C=O) groups is 2. The van der Waals surface area contributed by atoms with Crippen LogP contribution in [0.2, 0.25) is 0 Å². The third kappa shape index (κ3) is 5.54. The largest absolute Gasteiger partial charge is 0.496 e. The third-order valence-electron chi connectivity index (χ3n) is 3.98. The number of amides is 1. The summed E-state index contributed by atoms with van der Waals surface area (Å²) in [5, 5.41) is 13.6. The van der Waals surface area contributed by atoms with Gasteiger partial charge in [0, 0.05) is 6.20 Å². The van der Waals surface area contributed by atoms with Gasteiger partial charge in [0.25, 0.3) is 11.6 Å². The van der Waals surface area contributed by atoms with Gasteiger partial charge in [-0.25, -0.2) is 4.79 Å². The van der Waals surface area contributed by atoms with Gasteiger partial charge in [-0.2, -0.15) is 0 Å². The van der Waals surface area contributed by atoms with Gasteiger partial charge in [-0.3, -0.25) is 19.9 Å². The monoisotopic (exact) mass is 423 g/mol. The molecule has 10 heteroatoms. The second kappa shape index (κ2) is 9.83. The highest BCUT2D eigenvalue weighted by atomic mass is 16.6. The average Bonchev–Trinajstić information content (AvgIpc) is 2.78. The molecule has 0 spiro atoms. The Kier molecular flexibility index (Phi) is 6.74. The Balaban J connectivity index is 1.65. The van der Waals surface area contributed by atoms with E-state index in [0.29, 0.717) is 5.75 Å². The van der Waals surface area contributed by atoms with Gasteiger partial charge in [0.1, 0.15) is 28.5 Å². The molecule has 0 atom stereocenters. The van der Waals surface area contributed by atoms with Crippen molar-refractivity contribution in [3.05, 3.63) is 82.7 Å². The van der Waals surface area contributed by atoms with Crippen LogP contribution in [0.5, 0.6) is 17.2 Å². The first-order valence-electron chi connectivity index (χ1n) is 8.94. The fourth-order valence-electron chi connectivity index (χ4n) is 2.55. The Labute approximate surface area is 176 Å². The summed E-state index contributed by atoms with van der Waals surface area (Å²) in [5.74, 6) is -0.619. The summed E-state index contributed by atoms with van der Waals surface area (Å²) in [6.45, 7) is -0.650. The van der Waals surface area contributed by atoms with Crippen molar-refractivity contribution in [3.63, 3.8) is 0 Å². The summed E-state index contributed by atoms with van der Waals surface area (Å²) in [5.41, 5.74) is -0.295. The van der Waals surface area contributed by atoms with Gasteiger partial charge in [0.05, 0.1) is 24.3 Å². The Morgan fingerprint density at radius 2 is 1.90 bits per heavy atom. The predicted octanol–water partition coefficient (Wildman–Crippen LogP) is 3.59. The van der Waals surface area contributed by atoms with Gasteiger partial charge < -0.3 is 19.5 Å². The van der Waals surface area contributed by atoms with Crippen LogP contribution < -0.4 is 14.8 Å². The van der Waals surface area contributed by atoms with Crippen LogP contribution in [0.1, 0.15) is 10.4 Å². The lowest BCUT2D eigenvalue weighted by Gasteiger charge is -2.11. The molecule has 10 nitrogen and oxygen atoms in total. The number of carbonyl (C=O) groups excluding carboxylic acids is 2. The molecule has 2 aromatic carbocycles. The number of para-hydroxylation sites is 1. The number of hydrogen-bond donors (Lipinski definition) is 1. The molecule has 0 saturated heterocycles.